The molecule has 1 unspecified atom stereocenters. The molecule has 0 aromatic rings. The zero-order valence-corrected chi connectivity index (χ0v) is 6.90. The summed E-state index contributed by atoms with van der Waals surface area (Å²) < 4.78 is 0. The third kappa shape index (κ3) is 1.63. The molecule has 1 fully saturated rings. The first-order valence-corrected chi connectivity index (χ1v) is 4.09. The van der Waals surface area contributed by atoms with Crippen molar-refractivity contribution in [1.82, 2.24) is 4.90 Å². The summed E-state index contributed by atoms with van der Waals surface area (Å²) in [6.07, 6.45) is 1.07. The Morgan fingerprint density at radius 1 is 1.80 bits per heavy atom. The van der Waals surface area contributed by atoms with Gasteiger partial charge in [0.15, 0.2) is 0 Å². The van der Waals surface area contributed by atoms with Gasteiger partial charge in [0.2, 0.25) is 5.91 Å². The van der Waals surface area contributed by atoms with Gasteiger partial charge < -0.3 is 4.90 Å². The third-order valence-corrected chi connectivity index (χ3v) is 2.39. The Morgan fingerprint density at radius 2 is 2.50 bits per heavy atom. The van der Waals surface area contributed by atoms with Gasteiger partial charge in [0, 0.05) is 25.9 Å². The lowest BCUT2D eigenvalue weighted by Crippen LogP contribution is -2.25. The van der Waals surface area contributed by atoms with Crippen LogP contribution in [0.2, 0.25) is 0 Å². The predicted octanol–water partition coefficient (Wildman–Crippen LogP) is 1.09. The van der Waals surface area contributed by atoms with E-state index in [9.17, 15) is 4.79 Å². The molecule has 1 rings (SSSR count). The number of rotatable bonds is 1. The highest BCUT2D eigenvalue weighted by Crippen LogP contribution is 2.16. The van der Waals surface area contributed by atoms with Gasteiger partial charge >= 0.3 is 0 Å². The maximum Gasteiger partial charge on any atom is 0.219 e. The van der Waals surface area contributed by atoms with Gasteiger partial charge in [-0.3, -0.25) is 4.79 Å². The van der Waals surface area contributed by atoms with Crippen LogP contribution >= 0.6 is 11.6 Å². The molecule has 0 radical (unpaired) electrons. The zero-order chi connectivity index (χ0) is 7.56. The van der Waals surface area contributed by atoms with Crippen molar-refractivity contribution in [2.45, 2.75) is 13.3 Å². The van der Waals surface area contributed by atoms with Crippen LogP contribution in [0.5, 0.6) is 0 Å². The van der Waals surface area contributed by atoms with Crippen LogP contribution in [0, 0.1) is 5.92 Å². The van der Waals surface area contributed by atoms with Gasteiger partial charge in [0.05, 0.1) is 0 Å². The topological polar surface area (TPSA) is 20.3 Å². The van der Waals surface area contributed by atoms with Crippen LogP contribution in [-0.2, 0) is 4.79 Å². The van der Waals surface area contributed by atoms with Crippen LogP contribution in [0.25, 0.3) is 0 Å². The van der Waals surface area contributed by atoms with Crippen molar-refractivity contribution in [1.29, 1.82) is 0 Å². The summed E-state index contributed by atoms with van der Waals surface area (Å²) in [5.74, 6) is 1.39. The van der Waals surface area contributed by atoms with Crippen LogP contribution in [0.1, 0.15) is 13.3 Å². The molecule has 1 atom stereocenters. The second-order valence-corrected chi connectivity index (χ2v) is 3.08. The fraction of sp³-hybridized carbons (Fsp3) is 0.857. The van der Waals surface area contributed by atoms with E-state index in [1.165, 1.54) is 0 Å². The Morgan fingerprint density at radius 3 is 2.80 bits per heavy atom. The lowest BCUT2D eigenvalue weighted by molar-refractivity contribution is -0.127. The van der Waals surface area contributed by atoms with E-state index < -0.39 is 0 Å². The summed E-state index contributed by atoms with van der Waals surface area (Å²) in [5.41, 5.74) is 0. The molecule has 0 aromatic carbocycles. The highest BCUT2D eigenvalue weighted by atomic mass is 35.5. The molecule has 3 heteroatoms. The van der Waals surface area contributed by atoms with E-state index in [1.54, 1.807) is 6.92 Å². The van der Waals surface area contributed by atoms with E-state index >= 15 is 0 Å². The van der Waals surface area contributed by atoms with E-state index in [1.807, 2.05) is 4.90 Å². The van der Waals surface area contributed by atoms with Crippen molar-refractivity contribution in [2.75, 3.05) is 19.0 Å². The molecule has 10 heavy (non-hydrogen) atoms. The molecule has 0 saturated carbocycles. The van der Waals surface area contributed by atoms with Gasteiger partial charge in [-0.25, -0.2) is 0 Å². The third-order valence-electron chi connectivity index (χ3n) is 1.95. The van der Waals surface area contributed by atoms with Crippen LogP contribution in [0.3, 0.4) is 0 Å². The molecular formula is C7H12ClNO. The van der Waals surface area contributed by atoms with Crippen molar-refractivity contribution in [3.63, 3.8) is 0 Å². The molecular weight excluding hydrogens is 150 g/mol. The Bertz CT molecular complexity index is 138. The summed E-state index contributed by atoms with van der Waals surface area (Å²) in [4.78, 5) is 12.6. The Balaban J connectivity index is 2.35. The number of likely N-dealkylation sites (tertiary alicyclic amines) is 1. The molecule has 0 aromatic heterocycles. The monoisotopic (exact) mass is 161 g/mol. The molecule has 1 aliphatic heterocycles. The number of alkyl halides is 1. The number of nitrogens with zero attached hydrogens (tertiary/aromatic N) is 1. The largest absolute Gasteiger partial charge is 0.343 e. The van der Waals surface area contributed by atoms with Crippen LogP contribution in [-0.4, -0.2) is 29.8 Å². The Labute approximate surface area is 66.1 Å². The minimum Gasteiger partial charge on any atom is -0.343 e. The average molecular weight is 162 g/mol. The SMILES string of the molecule is CC(=O)N1CCC(CCl)C1. The minimum atomic E-state index is 0.174. The Kier molecular flexibility index (Phi) is 2.55. The first-order valence-electron chi connectivity index (χ1n) is 3.55. The summed E-state index contributed by atoms with van der Waals surface area (Å²) in [7, 11) is 0. The van der Waals surface area contributed by atoms with E-state index in [-0.39, 0.29) is 5.91 Å². The van der Waals surface area contributed by atoms with Crippen molar-refractivity contribution in [3.05, 3.63) is 0 Å². The van der Waals surface area contributed by atoms with Gasteiger partial charge in [-0.2, -0.15) is 0 Å². The highest BCUT2D eigenvalue weighted by Gasteiger charge is 2.22. The molecule has 0 bridgehead atoms. The van der Waals surface area contributed by atoms with Crippen LogP contribution in [0.15, 0.2) is 0 Å². The molecule has 0 N–H and O–H groups in total. The molecule has 1 aliphatic rings. The first kappa shape index (κ1) is 7.86. The van der Waals surface area contributed by atoms with Gasteiger partial charge in [0.1, 0.15) is 0 Å². The second-order valence-electron chi connectivity index (χ2n) is 2.77. The Hall–Kier alpha value is -0.240. The van der Waals surface area contributed by atoms with Gasteiger partial charge in [0.25, 0.3) is 0 Å². The van der Waals surface area contributed by atoms with E-state index in [4.69, 9.17) is 11.6 Å². The molecule has 1 amide bonds. The quantitative estimate of drug-likeness (QED) is 0.528. The maximum atomic E-state index is 10.8. The number of carbonyl (C=O) groups is 1. The first-order chi connectivity index (χ1) is 4.74. The number of amides is 1. The van der Waals surface area contributed by atoms with Crippen molar-refractivity contribution in [3.8, 4) is 0 Å². The molecule has 1 heterocycles. The lowest BCUT2D eigenvalue weighted by Gasteiger charge is -2.12. The van der Waals surface area contributed by atoms with Crippen LogP contribution in [0.4, 0.5) is 0 Å². The minimum absolute atomic E-state index is 0.174. The molecule has 0 aliphatic carbocycles. The van der Waals surface area contributed by atoms with Gasteiger partial charge in [-0.1, -0.05) is 0 Å². The summed E-state index contributed by atoms with van der Waals surface area (Å²) in [6.45, 7) is 3.36. The predicted molar refractivity (Wildman–Crippen MR) is 41.1 cm³/mol. The molecule has 58 valence electrons. The average Bonchev–Trinajstić information content (AvgIpc) is 2.34. The highest BCUT2D eigenvalue weighted by molar-refractivity contribution is 6.18. The second kappa shape index (κ2) is 3.24. The van der Waals surface area contributed by atoms with Gasteiger partial charge in [-0.05, 0) is 12.3 Å². The maximum absolute atomic E-state index is 10.8. The summed E-state index contributed by atoms with van der Waals surface area (Å²) in [6, 6.07) is 0. The number of hydrogen-bond acceptors (Lipinski definition) is 1. The summed E-state index contributed by atoms with van der Waals surface area (Å²) in [5, 5.41) is 0. The normalized spacial score (nSPS) is 25.4. The fourth-order valence-corrected chi connectivity index (χ4v) is 1.50. The van der Waals surface area contributed by atoms with E-state index in [0.717, 1.165) is 19.5 Å². The van der Waals surface area contributed by atoms with Gasteiger partial charge in [-0.15, -0.1) is 11.6 Å². The zero-order valence-electron chi connectivity index (χ0n) is 6.14. The molecule has 0 spiro atoms. The molecule has 2 nitrogen and oxygen atoms in total. The number of hydrogen-bond donors (Lipinski definition) is 0. The number of halogens is 1. The van der Waals surface area contributed by atoms with Crippen molar-refractivity contribution in [2.24, 2.45) is 5.92 Å². The van der Waals surface area contributed by atoms with Crippen molar-refractivity contribution >= 4 is 17.5 Å². The van der Waals surface area contributed by atoms with Crippen LogP contribution < -0.4 is 0 Å². The number of carbonyl (C=O) groups excluding carboxylic acids is 1. The van der Waals surface area contributed by atoms with Crippen molar-refractivity contribution < 1.29 is 4.79 Å². The summed E-state index contributed by atoms with van der Waals surface area (Å²) >= 11 is 5.64. The smallest absolute Gasteiger partial charge is 0.219 e. The standard InChI is InChI=1S/C7H12ClNO/c1-6(10)9-3-2-7(4-8)5-9/h7H,2-5H2,1H3. The lowest BCUT2D eigenvalue weighted by atomic mass is 10.2. The molecule has 1 saturated heterocycles. The van der Waals surface area contributed by atoms with E-state index in [2.05, 4.69) is 0 Å². The van der Waals surface area contributed by atoms with E-state index in [0.29, 0.717) is 11.8 Å². The fourth-order valence-electron chi connectivity index (χ4n) is 1.24.